The molecule has 0 unspecified atom stereocenters. The molecule has 4 rings (SSSR count). The van der Waals surface area contributed by atoms with Crippen LogP contribution in [0.4, 0.5) is 0 Å². The van der Waals surface area contributed by atoms with Gasteiger partial charge in [-0.2, -0.15) is 0 Å². The zero-order valence-corrected chi connectivity index (χ0v) is 17.1. The maximum Gasteiger partial charge on any atom is 0.338 e. The number of fused-ring (bicyclic) bond motifs is 1. The van der Waals surface area contributed by atoms with Gasteiger partial charge in [0.05, 0.1) is 29.8 Å². The van der Waals surface area contributed by atoms with Crippen molar-refractivity contribution in [2.24, 2.45) is 4.99 Å². The van der Waals surface area contributed by atoms with Gasteiger partial charge in [0, 0.05) is 11.5 Å². The standard InChI is InChI=1S/C21H18N2O4S2/c24-18-16-7-3-4-8-17(16)19(25)23(18)10-11-27-20(26)15-6-2-1-5-14(15)13-29-21-22-9-12-28-21/h1-8H,9-13H2. The third-order valence-electron chi connectivity index (χ3n) is 4.57. The van der Waals surface area contributed by atoms with E-state index in [0.29, 0.717) is 22.4 Å². The molecule has 2 amide bonds. The molecular weight excluding hydrogens is 408 g/mol. The first-order valence-corrected chi connectivity index (χ1v) is 11.1. The van der Waals surface area contributed by atoms with Crippen molar-refractivity contribution in [2.45, 2.75) is 5.75 Å². The molecular formula is C21H18N2O4S2. The monoisotopic (exact) mass is 426 g/mol. The number of rotatable bonds is 6. The van der Waals surface area contributed by atoms with Crippen molar-refractivity contribution in [1.82, 2.24) is 4.90 Å². The lowest BCUT2D eigenvalue weighted by Crippen LogP contribution is -2.33. The minimum absolute atomic E-state index is 0.0302. The Labute approximate surface area is 176 Å². The summed E-state index contributed by atoms with van der Waals surface area (Å²) in [5.41, 5.74) is 2.14. The van der Waals surface area contributed by atoms with E-state index in [2.05, 4.69) is 4.99 Å². The fourth-order valence-electron chi connectivity index (χ4n) is 3.14. The Kier molecular flexibility index (Phi) is 6.01. The average molecular weight is 427 g/mol. The van der Waals surface area contributed by atoms with Gasteiger partial charge in [-0.05, 0) is 23.8 Å². The smallest absolute Gasteiger partial charge is 0.338 e. The van der Waals surface area contributed by atoms with E-state index >= 15 is 0 Å². The van der Waals surface area contributed by atoms with Crippen LogP contribution in [0.15, 0.2) is 53.5 Å². The van der Waals surface area contributed by atoms with E-state index in [0.717, 1.165) is 27.1 Å². The molecule has 0 atom stereocenters. The molecule has 2 heterocycles. The molecule has 0 aliphatic carbocycles. The van der Waals surface area contributed by atoms with E-state index in [9.17, 15) is 14.4 Å². The normalized spacial score (nSPS) is 15.4. The van der Waals surface area contributed by atoms with E-state index in [1.807, 2.05) is 12.1 Å². The Morgan fingerprint density at radius 1 is 1.07 bits per heavy atom. The quantitative estimate of drug-likeness (QED) is 0.520. The molecule has 0 radical (unpaired) electrons. The van der Waals surface area contributed by atoms with Gasteiger partial charge in [0.1, 0.15) is 11.0 Å². The van der Waals surface area contributed by atoms with Gasteiger partial charge in [0.2, 0.25) is 0 Å². The second-order valence-corrected chi connectivity index (χ2v) is 8.69. The van der Waals surface area contributed by atoms with Crippen LogP contribution in [0.3, 0.4) is 0 Å². The number of ether oxygens (including phenoxy) is 1. The van der Waals surface area contributed by atoms with Gasteiger partial charge in [-0.3, -0.25) is 19.5 Å². The van der Waals surface area contributed by atoms with E-state index in [4.69, 9.17) is 4.74 Å². The van der Waals surface area contributed by atoms with Crippen molar-refractivity contribution < 1.29 is 19.1 Å². The number of hydrogen-bond donors (Lipinski definition) is 0. The molecule has 0 spiro atoms. The van der Waals surface area contributed by atoms with Gasteiger partial charge in [0.25, 0.3) is 11.8 Å². The maximum atomic E-state index is 12.6. The molecule has 6 nitrogen and oxygen atoms in total. The Balaban J connectivity index is 1.35. The number of nitrogens with zero attached hydrogens (tertiary/aromatic N) is 2. The van der Waals surface area contributed by atoms with Gasteiger partial charge in [0.15, 0.2) is 0 Å². The second-order valence-electron chi connectivity index (χ2n) is 6.39. The predicted octanol–water partition coefficient (Wildman–Crippen LogP) is 3.48. The van der Waals surface area contributed by atoms with Crippen LogP contribution in [0, 0.1) is 0 Å². The number of thioether (sulfide) groups is 2. The van der Waals surface area contributed by atoms with Gasteiger partial charge in [-0.15, -0.1) is 0 Å². The Hall–Kier alpha value is -2.58. The Morgan fingerprint density at radius 2 is 1.76 bits per heavy atom. The maximum absolute atomic E-state index is 12.6. The molecule has 0 bridgehead atoms. The summed E-state index contributed by atoms with van der Waals surface area (Å²) in [6.45, 7) is 0.825. The number of benzene rings is 2. The van der Waals surface area contributed by atoms with Crippen LogP contribution in [0.5, 0.6) is 0 Å². The van der Waals surface area contributed by atoms with Crippen molar-refractivity contribution in [2.75, 3.05) is 25.4 Å². The minimum atomic E-state index is -0.459. The molecule has 29 heavy (non-hydrogen) atoms. The first-order valence-electron chi connectivity index (χ1n) is 9.15. The average Bonchev–Trinajstić information content (AvgIpc) is 3.35. The van der Waals surface area contributed by atoms with Crippen molar-refractivity contribution in [3.05, 3.63) is 70.8 Å². The topological polar surface area (TPSA) is 76.0 Å². The van der Waals surface area contributed by atoms with Crippen LogP contribution in [0.2, 0.25) is 0 Å². The summed E-state index contributed by atoms with van der Waals surface area (Å²) in [6, 6.07) is 14.0. The summed E-state index contributed by atoms with van der Waals surface area (Å²) >= 11 is 3.34. The van der Waals surface area contributed by atoms with Crippen LogP contribution >= 0.6 is 23.5 Å². The van der Waals surface area contributed by atoms with Crippen molar-refractivity contribution in [3.63, 3.8) is 0 Å². The summed E-state index contributed by atoms with van der Waals surface area (Å²) in [5.74, 6) is 0.472. The molecule has 2 aromatic rings. The number of imide groups is 1. The molecule has 0 fully saturated rings. The first kappa shape index (κ1) is 19.7. The summed E-state index contributed by atoms with van der Waals surface area (Å²) < 4.78 is 6.41. The molecule has 0 N–H and O–H groups in total. The fourth-order valence-corrected chi connectivity index (χ4v) is 5.15. The summed E-state index contributed by atoms with van der Waals surface area (Å²) in [4.78, 5) is 42.8. The number of amides is 2. The number of aliphatic imine (C=N–C) groups is 1. The van der Waals surface area contributed by atoms with E-state index in [-0.39, 0.29) is 25.0 Å². The third kappa shape index (κ3) is 4.23. The first-order chi connectivity index (χ1) is 14.1. The number of carbonyl (C=O) groups is 3. The largest absolute Gasteiger partial charge is 0.460 e. The number of hydrogen-bond acceptors (Lipinski definition) is 7. The van der Waals surface area contributed by atoms with Gasteiger partial charge in [-0.1, -0.05) is 53.9 Å². The van der Waals surface area contributed by atoms with Crippen LogP contribution in [0.25, 0.3) is 0 Å². The highest BCUT2D eigenvalue weighted by Gasteiger charge is 2.34. The zero-order chi connectivity index (χ0) is 20.2. The minimum Gasteiger partial charge on any atom is -0.460 e. The van der Waals surface area contributed by atoms with Gasteiger partial charge < -0.3 is 4.74 Å². The zero-order valence-electron chi connectivity index (χ0n) is 15.5. The Bertz CT molecular complexity index is 971. The lowest BCUT2D eigenvalue weighted by atomic mass is 10.1. The van der Waals surface area contributed by atoms with Gasteiger partial charge in [-0.25, -0.2) is 4.79 Å². The van der Waals surface area contributed by atoms with Crippen LogP contribution in [0.1, 0.15) is 36.6 Å². The fraction of sp³-hybridized carbons (Fsp3) is 0.238. The molecule has 2 aliphatic heterocycles. The predicted molar refractivity (Wildman–Crippen MR) is 115 cm³/mol. The summed E-state index contributed by atoms with van der Waals surface area (Å²) in [5, 5.41) is 0. The summed E-state index contributed by atoms with van der Waals surface area (Å²) in [7, 11) is 0. The van der Waals surface area contributed by atoms with E-state index in [1.165, 1.54) is 0 Å². The van der Waals surface area contributed by atoms with Crippen molar-refractivity contribution >= 4 is 45.7 Å². The Morgan fingerprint density at radius 3 is 2.45 bits per heavy atom. The molecule has 0 saturated carbocycles. The van der Waals surface area contributed by atoms with Gasteiger partial charge >= 0.3 is 5.97 Å². The van der Waals surface area contributed by atoms with Crippen LogP contribution < -0.4 is 0 Å². The molecule has 148 valence electrons. The molecule has 0 aromatic heterocycles. The summed E-state index contributed by atoms with van der Waals surface area (Å²) in [6.07, 6.45) is 0. The van der Waals surface area contributed by atoms with E-state index < -0.39 is 5.97 Å². The second kappa shape index (κ2) is 8.84. The number of esters is 1. The molecule has 0 saturated heterocycles. The van der Waals surface area contributed by atoms with Crippen molar-refractivity contribution in [3.8, 4) is 0 Å². The molecule has 2 aliphatic rings. The third-order valence-corrected chi connectivity index (χ3v) is 6.87. The molecule has 8 heteroatoms. The van der Waals surface area contributed by atoms with Crippen LogP contribution in [-0.4, -0.2) is 52.5 Å². The number of carbonyl (C=O) groups excluding carboxylic acids is 3. The highest BCUT2D eigenvalue weighted by molar-refractivity contribution is 8.38. The van der Waals surface area contributed by atoms with E-state index in [1.54, 1.807) is 59.9 Å². The highest BCUT2D eigenvalue weighted by Crippen LogP contribution is 2.27. The SMILES string of the molecule is O=C(OCCN1C(=O)c2ccccc2C1=O)c1ccccc1CSC1=NCCS1. The highest BCUT2D eigenvalue weighted by atomic mass is 32.2. The van der Waals surface area contributed by atoms with Crippen LogP contribution in [-0.2, 0) is 10.5 Å². The van der Waals surface area contributed by atoms with Crippen molar-refractivity contribution in [1.29, 1.82) is 0 Å². The lowest BCUT2D eigenvalue weighted by Gasteiger charge is -2.14. The molecule has 2 aromatic carbocycles. The lowest BCUT2D eigenvalue weighted by molar-refractivity contribution is 0.0419.